The molecule has 0 aromatic heterocycles. The van der Waals surface area contributed by atoms with Crippen LogP contribution in [0.3, 0.4) is 0 Å². The Morgan fingerprint density at radius 2 is 1.76 bits per heavy atom. The molecule has 0 saturated heterocycles. The molecule has 2 aromatic carbocycles. The van der Waals surface area contributed by atoms with E-state index in [9.17, 15) is 0 Å². The summed E-state index contributed by atoms with van der Waals surface area (Å²) in [6, 6.07) is 16.0. The van der Waals surface area contributed by atoms with Crippen molar-refractivity contribution >= 4 is 21.5 Å². The Balaban J connectivity index is 2.45. The molecule has 2 aromatic rings. The number of rotatable bonds is 3. The summed E-state index contributed by atoms with van der Waals surface area (Å²) in [5.74, 6) is 0.819. The number of methoxy groups -OCH3 is 1. The molecule has 86 valence electrons. The van der Waals surface area contributed by atoms with Crippen LogP contribution in [0.5, 0.6) is 5.75 Å². The molecule has 17 heavy (non-hydrogen) atoms. The summed E-state index contributed by atoms with van der Waals surface area (Å²) in [6.45, 7) is 4.15. The summed E-state index contributed by atoms with van der Waals surface area (Å²) in [5, 5.41) is 0. The number of hydrogen-bond donors (Lipinski definition) is 0. The number of benzene rings is 2. The minimum atomic E-state index is 0.819. The molecule has 0 atom stereocenters. The fraction of sp³-hybridized carbons (Fsp3) is 0.0667. The Morgan fingerprint density at radius 3 is 2.41 bits per heavy atom. The van der Waals surface area contributed by atoms with Crippen molar-refractivity contribution in [2.75, 3.05) is 7.11 Å². The molecular formula is C15H13BrO. The van der Waals surface area contributed by atoms with Gasteiger partial charge in [-0.1, -0.05) is 49.0 Å². The first kappa shape index (κ1) is 11.9. The normalized spacial score (nSPS) is 10.0. The average molecular weight is 289 g/mol. The lowest BCUT2D eigenvalue weighted by molar-refractivity contribution is 0.412. The maximum atomic E-state index is 5.28. The van der Waals surface area contributed by atoms with E-state index in [1.807, 2.05) is 48.5 Å². The highest BCUT2D eigenvalue weighted by atomic mass is 79.9. The summed E-state index contributed by atoms with van der Waals surface area (Å²) < 4.78 is 6.22. The molecule has 0 unspecified atom stereocenters. The van der Waals surface area contributed by atoms with Crippen LogP contribution in [0.15, 0.2) is 59.6 Å². The van der Waals surface area contributed by atoms with Crippen molar-refractivity contribution in [3.8, 4) is 5.75 Å². The van der Waals surface area contributed by atoms with Crippen LogP contribution >= 0.6 is 15.9 Å². The number of halogens is 1. The summed E-state index contributed by atoms with van der Waals surface area (Å²) in [6.07, 6.45) is 0. The molecule has 0 aliphatic carbocycles. The topological polar surface area (TPSA) is 9.23 Å². The molecule has 0 amide bonds. The van der Waals surface area contributed by atoms with Gasteiger partial charge in [-0.3, -0.25) is 0 Å². The zero-order valence-electron chi connectivity index (χ0n) is 9.61. The van der Waals surface area contributed by atoms with Gasteiger partial charge in [0, 0.05) is 0 Å². The van der Waals surface area contributed by atoms with Gasteiger partial charge in [0.25, 0.3) is 0 Å². The Kier molecular flexibility index (Phi) is 3.64. The van der Waals surface area contributed by atoms with E-state index in [2.05, 4.69) is 22.5 Å². The number of ether oxygens (including phenoxy) is 1. The molecule has 0 saturated carbocycles. The summed E-state index contributed by atoms with van der Waals surface area (Å²) in [7, 11) is 1.66. The van der Waals surface area contributed by atoms with E-state index in [-0.39, 0.29) is 0 Å². The SMILES string of the molecule is C=C(c1ccccc1)c1cccc(OC)c1Br. The van der Waals surface area contributed by atoms with Crippen LogP contribution in [0.1, 0.15) is 11.1 Å². The maximum absolute atomic E-state index is 5.28. The van der Waals surface area contributed by atoms with E-state index in [1.54, 1.807) is 7.11 Å². The van der Waals surface area contributed by atoms with E-state index < -0.39 is 0 Å². The van der Waals surface area contributed by atoms with Gasteiger partial charge in [-0.25, -0.2) is 0 Å². The third-order valence-corrected chi connectivity index (χ3v) is 3.45. The van der Waals surface area contributed by atoms with Crippen LogP contribution in [0.25, 0.3) is 5.57 Å². The van der Waals surface area contributed by atoms with Crippen LogP contribution in [0.2, 0.25) is 0 Å². The van der Waals surface area contributed by atoms with Gasteiger partial charge in [-0.2, -0.15) is 0 Å². The Bertz CT molecular complexity index is 532. The summed E-state index contributed by atoms with van der Waals surface area (Å²) in [4.78, 5) is 0. The number of hydrogen-bond acceptors (Lipinski definition) is 1. The third kappa shape index (κ3) is 2.42. The van der Waals surface area contributed by atoms with E-state index in [0.717, 1.165) is 26.9 Å². The summed E-state index contributed by atoms with van der Waals surface area (Å²) in [5.41, 5.74) is 3.15. The maximum Gasteiger partial charge on any atom is 0.133 e. The average Bonchev–Trinajstić information content (AvgIpc) is 2.39. The van der Waals surface area contributed by atoms with Crippen LogP contribution in [0, 0.1) is 0 Å². The van der Waals surface area contributed by atoms with E-state index >= 15 is 0 Å². The van der Waals surface area contributed by atoms with Crippen LogP contribution in [-0.4, -0.2) is 7.11 Å². The standard InChI is InChI=1S/C15H13BrO/c1-11(12-7-4-3-5-8-12)13-9-6-10-14(17-2)15(13)16/h3-10H,1H2,2H3. The van der Waals surface area contributed by atoms with Crippen LogP contribution in [0.4, 0.5) is 0 Å². The van der Waals surface area contributed by atoms with Crippen molar-refractivity contribution in [3.63, 3.8) is 0 Å². The molecule has 0 fully saturated rings. The monoisotopic (exact) mass is 288 g/mol. The fourth-order valence-corrected chi connectivity index (χ4v) is 2.36. The Labute approximate surface area is 110 Å². The van der Waals surface area contributed by atoms with Crippen molar-refractivity contribution in [2.45, 2.75) is 0 Å². The highest BCUT2D eigenvalue weighted by Gasteiger charge is 2.09. The lowest BCUT2D eigenvalue weighted by Crippen LogP contribution is -1.91. The zero-order valence-corrected chi connectivity index (χ0v) is 11.2. The van der Waals surface area contributed by atoms with Crippen molar-refractivity contribution < 1.29 is 4.74 Å². The van der Waals surface area contributed by atoms with Crippen molar-refractivity contribution in [1.29, 1.82) is 0 Å². The quantitative estimate of drug-likeness (QED) is 0.807. The van der Waals surface area contributed by atoms with Gasteiger partial charge in [0.15, 0.2) is 0 Å². The van der Waals surface area contributed by atoms with E-state index in [4.69, 9.17) is 4.74 Å². The largest absolute Gasteiger partial charge is 0.496 e. The first-order valence-electron chi connectivity index (χ1n) is 5.31. The molecule has 0 bridgehead atoms. The second-order valence-electron chi connectivity index (χ2n) is 3.67. The van der Waals surface area contributed by atoms with Gasteiger partial charge in [-0.05, 0) is 38.7 Å². The minimum absolute atomic E-state index is 0.819. The Morgan fingerprint density at radius 1 is 1.06 bits per heavy atom. The van der Waals surface area contributed by atoms with Crippen LogP contribution in [-0.2, 0) is 0 Å². The summed E-state index contributed by atoms with van der Waals surface area (Å²) >= 11 is 3.55. The molecule has 0 heterocycles. The second kappa shape index (κ2) is 5.19. The molecule has 0 N–H and O–H groups in total. The minimum Gasteiger partial charge on any atom is -0.496 e. The molecule has 0 spiro atoms. The van der Waals surface area contributed by atoms with Crippen molar-refractivity contribution in [2.24, 2.45) is 0 Å². The smallest absolute Gasteiger partial charge is 0.133 e. The molecular weight excluding hydrogens is 276 g/mol. The fourth-order valence-electron chi connectivity index (χ4n) is 1.70. The van der Waals surface area contributed by atoms with Crippen LogP contribution < -0.4 is 4.74 Å². The van der Waals surface area contributed by atoms with Gasteiger partial charge in [0.05, 0.1) is 11.6 Å². The van der Waals surface area contributed by atoms with Gasteiger partial charge >= 0.3 is 0 Å². The molecule has 2 heteroatoms. The van der Waals surface area contributed by atoms with Crippen molar-refractivity contribution in [1.82, 2.24) is 0 Å². The Hall–Kier alpha value is -1.54. The predicted octanol–water partition coefficient (Wildman–Crippen LogP) is 4.52. The second-order valence-corrected chi connectivity index (χ2v) is 4.46. The third-order valence-electron chi connectivity index (χ3n) is 2.63. The predicted molar refractivity (Wildman–Crippen MR) is 75.3 cm³/mol. The molecule has 2 rings (SSSR count). The molecule has 0 aliphatic rings. The highest BCUT2D eigenvalue weighted by Crippen LogP contribution is 2.34. The molecule has 0 radical (unpaired) electrons. The van der Waals surface area contributed by atoms with Crippen molar-refractivity contribution in [3.05, 3.63) is 70.7 Å². The highest BCUT2D eigenvalue weighted by molar-refractivity contribution is 9.10. The zero-order chi connectivity index (χ0) is 12.3. The van der Waals surface area contributed by atoms with Gasteiger partial charge < -0.3 is 4.74 Å². The lowest BCUT2D eigenvalue weighted by atomic mass is 9.99. The van der Waals surface area contributed by atoms with Gasteiger partial charge in [0.1, 0.15) is 5.75 Å². The molecule has 1 nitrogen and oxygen atoms in total. The lowest BCUT2D eigenvalue weighted by Gasteiger charge is -2.11. The van der Waals surface area contributed by atoms with Gasteiger partial charge in [-0.15, -0.1) is 0 Å². The first-order chi connectivity index (χ1) is 8.24. The molecule has 0 aliphatic heterocycles. The van der Waals surface area contributed by atoms with Gasteiger partial charge in [0.2, 0.25) is 0 Å². The van der Waals surface area contributed by atoms with E-state index in [0.29, 0.717) is 0 Å². The first-order valence-corrected chi connectivity index (χ1v) is 6.10. The van der Waals surface area contributed by atoms with E-state index in [1.165, 1.54) is 0 Å².